The first-order valence-corrected chi connectivity index (χ1v) is 48.6. The van der Waals surface area contributed by atoms with Gasteiger partial charge in [-0.25, -0.2) is 38.4 Å². The van der Waals surface area contributed by atoms with Crippen molar-refractivity contribution >= 4 is 124 Å². The second kappa shape index (κ2) is 71.6. The van der Waals surface area contributed by atoms with Crippen molar-refractivity contribution in [3.05, 3.63) is 59.7 Å². The first-order chi connectivity index (χ1) is 66.9. The van der Waals surface area contributed by atoms with Crippen LogP contribution in [0.4, 0.5) is 0 Å². The Hall–Kier alpha value is -12.8. The molecule has 10 atom stereocenters. The number of unbranched alkanes of at least 4 members (excludes halogenated alkanes) is 18. The monoisotopic (exact) mass is 2000 g/mol. The lowest BCUT2D eigenvalue weighted by Gasteiger charge is -2.23. The second-order valence-corrected chi connectivity index (χ2v) is 35.7. The van der Waals surface area contributed by atoms with Gasteiger partial charge in [-0.1, -0.05) is 89.9 Å². The van der Waals surface area contributed by atoms with Gasteiger partial charge in [-0.15, -0.1) is 0 Å². The Morgan fingerprint density at radius 2 is 0.525 bits per heavy atom. The fourth-order valence-corrected chi connectivity index (χ4v) is 14.6. The predicted octanol–water partition coefficient (Wildman–Crippen LogP) is 5.43. The summed E-state index contributed by atoms with van der Waals surface area (Å²) in [6, 6.07) is 1.13. The van der Waals surface area contributed by atoms with Crippen LogP contribution in [0.1, 0.15) is 317 Å². The van der Waals surface area contributed by atoms with Crippen LogP contribution < -0.4 is 79.8 Å². The van der Waals surface area contributed by atoms with Crippen LogP contribution >= 0.6 is 0 Å². The number of carbonyl (C=O) groups is 21. The Labute approximate surface area is 819 Å². The number of nitrogens with one attached hydrogen (secondary N) is 10. The standard InChI is InChI=1S/C96H149N13O32/c1-96(2,99)76(111)60-63(27-17-21-55-102-85(120)67(97)29-19-23-53-100-77(112)47-41-69(90(128)129)106-81(116)51-45-73(94(136)137)108-83(118)49-43-71(92(132)133)104-79(114)31-15-11-7-3-5-9-13-25-57-140-65-37-33-61(34-38-65)87(122)123)75(110)59-64(89(126)127)28-18-22-56-103-86(121)68(98)30-20-24-54-101-78(113)48-42-70(91(130)131)107-82(117)52-46-74(95(138)139)109-84(119)50-44-72(93(134)135)105-80(115)32-16-12-8-4-6-10-14-26-58-141-66-39-35-62(36-40-66)88(124)125/h33-40,63-64,67-74H,3-32,41-60,97-99H2,1-2H3,(H,100,112)(H,101,113)(H,102,120)(H,103,121)(H,104,114)(H,105,115)(H,106,116)(H,107,117)(H,108,118)(H,109,119)(H,122,123)(H,124,125)(H,126,127)(H,128,129)(H,130,131)(H,132,133)(H,134,135)(H,136,137)(H,138,139)/t63-,64-,67+,68+,69+,70+,71+,72+,73+,74+/m1/s1. The average Bonchev–Trinajstić information content (AvgIpc) is 0.867. The number of ether oxygens (including phenoxy) is 2. The van der Waals surface area contributed by atoms with Crippen LogP contribution in [-0.2, 0) is 91.1 Å². The lowest BCUT2D eigenvalue weighted by atomic mass is 9.83. The molecule has 0 aliphatic heterocycles. The smallest absolute Gasteiger partial charge is 0.335 e. The van der Waals surface area contributed by atoms with Gasteiger partial charge in [0, 0.05) is 96.3 Å². The maximum absolute atomic E-state index is 13.8. The van der Waals surface area contributed by atoms with Gasteiger partial charge >= 0.3 is 53.7 Å². The van der Waals surface area contributed by atoms with E-state index < -0.39 is 235 Å². The molecular formula is C96H149N13O32. The van der Waals surface area contributed by atoms with Gasteiger partial charge in [-0.2, -0.15) is 0 Å². The quantitative estimate of drug-likeness (QED) is 0.0367. The number of hydrogen-bond donors (Lipinski definition) is 22. The molecule has 45 nitrogen and oxygen atoms in total. The summed E-state index contributed by atoms with van der Waals surface area (Å²) in [7, 11) is 0. The number of rotatable bonds is 85. The summed E-state index contributed by atoms with van der Waals surface area (Å²) in [5, 5.41) is 111. The Bertz CT molecular complexity index is 4320. The van der Waals surface area contributed by atoms with E-state index in [-0.39, 0.29) is 127 Å². The summed E-state index contributed by atoms with van der Waals surface area (Å²) >= 11 is 0. The van der Waals surface area contributed by atoms with E-state index in [0.29, 0.717) is 82.5 Å². The van der Waals surface area contributed by atoms with Crippen molar-refractivity contribution < 1.29 is 156 Å². The molecule has 0 heterocycles. The highest BCUT2D eigenvalue weighted by atomic mass is 16.5. The molecule has 2 aromatic carbocycles. The third-order valence-electron chi connectivity index (χ3n) is 23.3. The lowest BCUT2D eigenvalue weighted by Crippen LogP contribution is -2.45. The minimum Gasteiger partial charge on any atom is -0.494 e. The van der Waals surface area contributed by atoms with Gasteiger partial charge in [0.2, 0.25) is 59.1 Å². The van der Waals surface area contributed by atoms with Gasteiger partial charge in [0.25, 0.3) is 0 Å². The normalized spacial score (nSPS) is 13.3. The van der Waals surface area contributed by atoms with E-state index in [0.717, 1.165) is 89.9 Å². The fraction of sp³-hybridized carbons (Fsp3) is 0.656. The average molecular weight is 2000 g/mol. The van der Waals surface area contributed by atoms with E-state index in [9.17, 15) is 136 Å². The Morgan fingerprint density at radius 1 is 0.277 bits per heavy atom. The molecule has 0 saturated carbocycles. The Balaban J connectivity index is 1.64. The Morgan fingerprint density at radius 3 is 0.794 bits per heavy atom. The highest BCUT2D eigenvalue weighted by molar-refractivity contribution is 5.95. The number of benzene rings is 2. The number of ketones is 2. The molecule has 0 unspecified atom stereocenters. The molecule has 0 fully saturated rings. The zero-order valence-corrected chi connectivity index (χ0v) is 80.9. The third-order valence-corrected chi connectivity index (χ3v) is 23.3. The molecule has 790 valence electrons. The van der Waals surface area contributed by atoms with Gasteiger partial charge < -0.3 is 126 Å². The largest absolute Gasteiger partial charge is 0.494 e. The Kier molecular flexibility index (Phi) is 63.1. The number of carbonyl (C=O) groups excluding carboxylic acids is 12. The molecule has 0 bridgehead atoms. The van der Waals surface area contributed by atoms with Gasteiger partial charge in [0.1, 0.15) is 53.5 Å². The van der Waals surface area contributed by atoms with Crippen molar-refractivity contribution in [2.45, 2.75) is 350 Å². The second-order valence-electron chi connectivity index (χ2n) is 35.7. The minimum absolute atomic E-state index is 0.0475. The summed E-state index contributed by atoms with van der Waals surface area (Å²) in [5.74, 6) is -20.6. The predicted molar refractivity (Wildman–Crippen MR) is 509 cm³/mol. The highest BCUT2D eigenvalue weighted by Crippen LogP contribution is 2.26. The summed E-state index contributed by atoms with van der Waals surface area (Å²) in [5.41, 5.74) is 17.3. The lowest BCUT2D eigenvalue weighted by molar-refractivity contribution is -0.145. The molecule has 0 spiro atoms. The molecule has 0 aliphatic rings. The molecule has 141 heavy (non-hydrogen) atoms. The SMILES string of the molecule is CC(C)(N)C(=O)C[C@@H](CCCCNC(=O)[C@@H](N)CCCCNC(=O)CC[C@H](NC(=O)CC[C@H](NC(=O)CC[C@H](NC(=O)CCCCCCCCCCOc1ccc(C(=O)O)cc1)C(=O)O)C(=O)O)C(=O)O)C(=O)C[C@@H](CCCCNC(=O)[C@@H](N)CCCCNC(=O)CC[C@H](NC(=O)CC[C@H](NC(=O)CC[C@H](NC(=O)CCCCCCCCCCOc1ccc(C(=O)O)cc1)C(=O)O)C(=O)O)C(=O)O)C(=O)O. The molecule has 25 N–H and O–H groups in total. The van der Waals surface area contributed by atoms with Gasteiger partial charge in [-0.05, 0) is 191 Å². The summed E-state index contributed by atoms with van der Waals surface area (Å²) < 4.78 is 11.3. The highest BCUT2D eigenvalue weighted by Gasteiger charge is 2.34. The van der Waals surface area contributed by atoms with Crippen LogP contribution in [0.15, 0.2) is 48.5 Å². The summed E-state index contributed by atoms with van der Waals surface area (Å²) in [6.45, 7) is 4.44. The number of aromatic carboxylic acids is 2. The van der Waals surface area contributed by atoms with Gasteiger partial charge in [-0.3, -0.25) is 62.3 Å². The van der Waals surface area contributed by atoms with E-state index in [4.69, 9.17) is 36.9 Å². The molecule has 45 heteroatoms. The van der Waals surface area contributed by atoms with Crippen molar-refractivity contribution in [1.29, 1.82) is 0 Å². The van der Waals surface area contributed by atoms with E-state index in [2.05, 4.69) is 53.2 Å². The van der Waals surface area contributed by atoms with Crippen molar-refractivity contribution in [3.63, 3.8) is 0 Å². The van der Waals surface area contributed by atoms with Crippen LogP contribution in [0.2, 0.25) is 0 Å². The molecular weight excluding hydrogens is 1850 g/mol. The third kappa shape index (κ3) is 59.4. The van der Waals surface area contributed by atoms with E-state index >= 15 is 0 Å². The van der Waals surface area contributed by atoms with Crippen LogP contribution in [0.25, 0.3) is 0 Å². The number of amides is 10. The molecule has 10 amide bonds. The minimum atomic E-state index is -1.63. The van der Waals surface area contributed by atoms with Crippen molar-refractivity contribution in [3.8, 4) is 11.5 Å². The number of aliphatic carboxylic acids is 7. The summed E-state index contributed by atoms with van der Waals surface area (Å²) in [6.07, 6.45) is 11.0. The van der Waals surface area contributed by atoms with Crippen molar-refractivity contribution in [1.82, 2.24) is 53.2 Å². The van der Waals surface area contributed by atoms with Crippen LogP contribution in [-0.4, -0.2) is 264 Å². The zero-order chi connectivity index (χ0) is 105. The first kappa shape index (κ1) is 124. The number of Topliss-reactive ketones (excluding diaryl/α,β-unsaturated/α-hetero) is 2. The van der Waals surface area contributed by atoms with E-state index in [1.165, 1.54) is 38.1 Å². The van der Waals surface area contributed by atoms with Crippen molar-refractivity contribution in [2.75, 3.05) is 39.4 Å². The van der Waals surface area contributed by atoms with Crippen LogP contribution in [0.5, 0.6) is 11.5 Å². The molecule has 0 aromatic heterocycles. The van der Waals surface area contributed by atoms with Crippen LogP contribution in [0.3, 0.4) is 0 Å². The molecule has 2 rings (SSSR count). The molecule has 2 aromatic rings. The van der Waals surface area contributed by atoms with Gasteiger partial charge in [0.05, 0.1) is 47.9 Å². The number of nitrogens with two attached hydrogens (primary N) is 3. The maximum atomic E-state index is 13.8. The molecule has 0 aliphatic carbocycles. The first-order valence-electron chi connectivity index (χ1n) is 48.6. The maximum Gasteiger partial charge on any atom is 0.335 e. The topological polar surface area (TPSA) is 757 Å². The van der Waals surface area contributed by atoms with E-state index in [1.807, 2.05) is 0 Å². The molecule has 0 radical (unpaired) electrons. The van der Waals surface area contributed by atoms with Gasteiger partial charge in [0.15, 0.2) is 5.78 Å². The summed E-state index contributed by atoms with van der Waals surface area (Å²) in [4.78, 5) is 261. The number of hydrogen-bond acceptors (Lipinski definition) is 26. The van der Waals surface area contributed by atoms with Crippen LogP contribution in [0, 0.1) is 11.8 Å². The van der Waals surface area contributed by atoms with E-state index in [1.54, 1.807) is 24.3 Å². The number of carboxylic acid groups (broad SMARTS) is 9. The fourth-order valence-electron chi connectivity index (χ4n) is 14.6. The van der Waals surface area contributed by atoms with Crippen molar-refractivity contribution in [2.24, 2.45) is 29.0 Å². The number of carboxylic acids is 9. The zero-order valence-electron chi connectivity index (χ0n) is 80.9. The molecule has 0 saturated heterocycles.